The third kappa shape index (κ3) is 4.28. The topological polar surface area (TPSA) is 0 Å². The zero-order valence-electron chi connectivity index (χ0n) is 13.8. The standard InChI is InChI=1S/C18H36/c1-7-12-18(6)14-17(4,5)13-11-16(18)10-9-15(3)8-2/h15-16H,7-14H2,1-6H3. The van der Waals surface area contributed by atoms with Crippen LogP contribution in [0.5, 0.6) is 0 Å². The summed E-state index contributed by atoms with van der Waals surface area (Å²) >= 11 is 0. The average Bonchev–Trinajstić information content (AvgIpc) is 2.26. The van der Waals surface area contributed by atoms with Gasteiger partial charge in [-0.15, -0.1) is 0 Å². The first-order chi connectivity index (χ1) is 8.33. The Hall–Kier alpha value is 0. The van der Waals surface area contributed by atoms with Crippen molar-refractivity contribution >= 4 is 0 Å². The molecule has 0 N–H and O–H groups in total. The molecule has 0 aromatic heterocycles. The van der Waals surface area contributed by atoms with Gasteiger partial charge >= 0.3 is 0 Å². The Morgan fingerprint density at radius 3 is 2.39 bits per heavy atom. The molecule has 0 saturated heterocycles. The van der Waals surface area contributed by atoms with E-state index in [0.717, 1.165) is 11.8 Å². The van der Waals surface area contributed by atoms with Crippen molar-refractivity contribution in [2.24, 2.45) is 22.7 Å². The molecule has 0 aromatic rings. The first-order valence-corrected chi connectivity index (χ1v) is 8.33. The van der Waals surface area contributed by atoms with Gasteiger partial charge in [0.05, 0.1) is 0 Å². The van der Waals surface area contributed by atoms with Crippen LogP contribution in [-0.4, -0.2) is 0 Å². The predicted octanol–water partition coefficient (Wildman–Crippen LogP) is 6.45. The first-order valence-electron chi connectivity index (χ1n) is 8.33. The Kier molecular flexibility index (Phi) is 5.74. The molecule has 3 atom stereocenters. The molecule has 0 amide bonds. The van der Waals surface area contributed by atoms with Crippen LogP contribution in [0, 0.1) is 22.7 Å². The Morgan fingerprint density at radius 2 is 1.83 bits per heavy atom. The molecular weight excluding hydrogens is 216 g/mol. The van der Waals surface area contributed by atoms with Gasteiger partial charge in [0.2, 0.25) is 0 Å². The third-order valence-electron chi connectivity index (χ3n) is 5.56. The summed E-state index contributed by atoms with van der Waals surface area (Å²) < 4.78 is 0. The quantitative estimate of drug-likeness (QED) is 0.510. The van der Waals surface area contributed by atoms with Crippen LogP contribution < -0.4 is 0 Å². The molecule has 0 aromatic carbocycles. The molecule has 1 aliphatic carbocycles. The second-order valence-electron chi connectivity index (χ2n) is 8.07. The molecule has 0 spiro atoms. The molecule has 0 bridgehead atoms. The van der Waals surface area contributed by atoms with Crippen molar-refractivity contribution in [1.82, 2.24) is 0 Å². The third-order valence-corrected chi connectivity index (χ3v) is 5.56. The van der Waals surface area contributed by atoms with E-state index in [1.165, 1.54) is 51.4 Å². The van der Waals surface area contributed by atoms with Crippen molar-refractivity contribution in [2.75, 3.05) is 0 Å². The van der Waals surface area contributed by atoms with E-state index in [4.69, 9.17) is 0 Å². The fourth-order valence-corrected chi connectivity index (χ4v) is 4.29. The summed E-state index contributed by atoms with van der Waals surface area (Å²) in [6.45, 7) is 14.7. The molecule has 0 heteroatoms. The summed E-state index contributed by atoms with van der Waals surface area (Å²) in [6.07, 6.45) is 11.4. The van der Waals surface area contributed by atoms with Gasteiger partial charge in [-0.3, -0.25) is 0 Å². The Labute approximate surface area is 116 Å². The maximum Gasteiger partial charge on any atom is -0.0293 e. The van der Waals surface area contributed by atoms with E-state index in [-0.39, 0.29) is 0 Å². The van der Waals surface area contributed by atoms with Gasteiger partial charge in [-0.2, -0.15) is 0 Å². The van der Waals surface area contributed by atoms with Crippen LogP contribution >= 0.6 is 0 Å². The number of hydrogen-bond acceptors (Lipinski definition) is 0. The minimum atomic E-state index is 0.580. The Morgan fingerprint density at radius 1 is 1.17 bits per heavy atom. The molecule has 18 heavy (non-hydrogen) atoms. The van der Waals surface area contributed by atoms with Crippen LogP contribution in [-0.2, 0) is 0 Å². The SMILES string of the molecule is CCCC1(C)CC(C)(C)CCC1CCC(C)CC. The molecule has 0 radical (unpaired) electrons. The fraction of sp³-hybridized carbons (Fsp3) is 1.00. The van der Waals surface area contributed by atoms with Crippen LogP contribution in [0.25, 0.3) is 0 Å². The molecule has 0 heterocycles. The summed E-state index contributed by atoms with van der Waals surface area (Å²) in [5.74, 6) is 1.91. The van der Waals surface area contributed by atoms with E-state index in [0.29, 0.717) is 10.8 Å². The zero-order valence-corrected chi connectivity index (χ0v) is 13.8. The van der Waals surface area contributed by atoms with Crippen molar-refractivity contribution in [1.29, 1.82) is 0 Å². The van der Waals surface area contributed by atoms with Gasteiger partial charge in [0.1, 0.15) is 0 Å². The summed E-state index contributed by atoms with van der Waals surface area (Å²) in [5, 5.41) is 0. The Bertz CT molecular complexity index is 240. The van der Waals surface area contributed by atoms with Gasteiger partial charge in [-0.25, -0.2) is 0 Å². The normalized spacial score (nSPS) is 33.3. The maximum atomic E-state index is 2.58. The summed E-state index contributed by atoms with van der Waals surface area (Å²) in [7, 11) is 0. The van der Waals surface area contributed by atoms with Crippen LogP contribution in [0.1, 0.15) is 92.9 Å². The van der Waals surface area contributed by atoms with Crippen molar-refractivity contribution in [3.8, 4) is 0 Å². The fourth-order valence-electron chi connectivity index (χ4n) is 4.29. The Balaban J connectivity index is 2.64. The van der Waals surface area contributed by atoms with Gasteiger partial charge in [0.15, 0.2) is 0 Å². The highest BCUT2D eigenvalue weighted by molar-refractivity contribution is 4.93. The number of hydrogen-bond donors (Lipinski definition) is 0. The highest BCUT2D eigenvalue weighted by Crippen LogP contribution is 2.53. The van der Waals surface area contributed by atoms with Crippen LogP contribution in [0.4, 0.5) is 0 Å². The maximum absolute atomic E-state index is 2.58. The monoisotopic (exact) mass is 252 g/mol. The smallest absolute Gasteiger partial charge is 0.0293 e. The van der Waals surface area contributed by atoms with Crippen LogP contribution in [0.3, 0.4) is 0 Å². The van der Waals surface area contributed by atoms with Crippen molar-refractivity contribution < 1.29 is 0 Å². The summed E-state index contributed by atoms with van der Waals surface area (Å²) in [5.41, 5.74) is 1.20. The molecule has 0 nitrogen and oxygen atoms in total. The summed E-state index contributed by atoms with van der Waals surface area (Å²) in [4.78, 5) is 0. The minimum Gasteiger partial charge on any atom is -0.0654 e. The molecule has 1 saturated carbocycles. The van der Waals surface area contributed by atoms with Crippen LogP contribution in [0.2, 0.25) is 0 Å². The van der Waals surface area contributed by atoms with Crippen molar-refractivity contribution in [2.45, 2.75) is 92.9 Å². The largest absolute Gasteiger partial charge is 0.0654 e. The van der Waals surface area contributed by atoms with E-state index >= 15 is 0 Å². The molecule has 108 valence electrons. The molecule has 1 aliphatic rings. The van der Waals surface area contributed by atoms with Crippen LogP contribution in [0.15, 0.2) is 0 Å². The molecule has 1 fully saturated rings. The lowest BCUT2D eigenvalue weighted by Crippen LogP contribution is -2.38. The predicted molar refractivity (Wildman–Crippen MR) is 82.8 cm³/mol. The van der Waals surface area contributed by atoms with Gasteiger partial charge in [0, 0.05) is 0 Å². The highest BCUT2D eigenvalue weighted by Gasteiger charge is 2.42. The van der Waals surface area contributed by atoms with E-state index in [1.807, 2.05) is 0 Å². The van der Waals surface area contributed by atoms with E-state index in [9.17, 15) is 0 Å². The second-order valence-corrected chi connectivity index (χ2v) is 8.07. The zero-order chi connectivity index (χ0) is 13.8. The van der Waals surface area contributed by atoms with Gasteiger partial charge in [-0.05, 0) is 54.8 Å². The molecule has 1 rings (SSSR count). The lowest BCUT2D eigenvalue weighted by atomic mass is 9.56. The minimum absolute atomic E-state index is 0.580. The average molecular weight is 252 g/mol. The highest BCUT2D eigenvalue weighted by atomic mass is 14.5. The van der Waals surface area contributed by atoms with E-state index < -0.39 is 0 Å². The van der Waals surface area contributed by atoms with Gasteiger partial charge in [-0.1, -0.05) is 60.8 Å². The first kappa shape index (κ1) is 16.1. The van der Waals surface area contributed by atoms with E-state index in [1.54, 1.807) is 0 Å². The molecular formula is C18H36. The van der Waals surface area contributed by atoms with Gasteiger partial charge < -0.3 is 0 Å². The molecule has 3 unspecified atom stereocenters. The van der Waals surface area contributed by atoms with Crippen molar-refractivity contribution in [3.63, 3.8) is 0 Å². The van der Waals surface area contributed by atoms with Gasteiger partial charge in [0.25, 0.3) is 0 Å². The lowest BCUT2D eigenvalue weighted by Gasteiger charge is -2.49. The summed E-state index contributed by atoms with van der Waals surface area (Å²) in [6, 6.07) is 0. The molecule has 0 aliphatic heterocycles. The van der Waals surface area contributed by atoms with Crippen molar-refractivity contribution in [3.05, 3.63) is 0 Å². The van der Waals surface area contributed by atoms with E-state index in [2.05, 4.69) is 41.5 Å². The lowest BCUT2D eigenvalue weighted by molar-refractivity contribution is 0.0180. The number of rotatable bonds is 6. The second kappa shape index (κ2) is 6.44.